The summed E-state index contributed by atoms with van der Waals surface area (Å²) in [6.45, 7) is 4.18. The van der Waals surface area contributed by atoms with Gasteiger partial charge >= 0.3 is 5.97 Å². The molecule has 1 aromatic heterocycles. The van der Waals surface area contributed by atoms with Crippen molar-refractivity contribution in [1.82, 2.24) is 4.57 Å². The predicted octanol–water partition coefficient (Wildman–Crippen LogP) is 2.89. The fourth-order valence-electron chi connectivity index (χ4n) is 3.32. The number of methoxy groups -OCH3 is 1. The molecule has 4 rings (SSSR count). The third-order valence-electron chi connectivity index (χ3n) is 4.64. The molecule has 0 saturated carbocycles. The minimum atomic E-state index is -0.395. The van der Waals surface area contributed by atoms with E-state index in [-0.39, 0.29) is 25.7 Å². The third-order valence-corrected chi connectivity index (χ3v) is 5.87. The van der Waals surface area contributed by atoms with E-state index in [1.807, 2.05) is 26.0 Å². The molecule has 0 spiro atoms. The summed E-state index contributed by atoms with van der Waals surface area (Å²) in [5, 5.41) is 0. The van der Waals surface area contributed by atoms with Gasteiger partial charge in [-0.2, -0.15) is 4.99 Å². The van der Waals surface area contributed by atoms with Crippen LogP contribution < -0.4 is 14.3 Å². The molecule has 0 radical (unpaired) electrons. The Hall–Kier alpha value is -3.13. The Morgan fingerprint density at radius 1 is 1.17 bits per heavy atom. The van der Waals surface area contributed by atoms with Crippen molar-refractivity contribution < 1.29 is 23.8 Å². The average Bonchev–Trinajstić information content (AvgIpc) is 3.27. The van der Waals surface area contributed by atoms with Crippen LogP contribution in [0.2, 0.25) is 0 Å². The number of fused-ring (bicyclic) bond motifs is 2. The molecule has 2 heterocycles. The Balaban J connectivity index is 1.72. The maximum Gasteiger partial charge on any atom is 0.325 e. The molecule has 0 bridgehead atoms. The number of hydrogen-bond donors (Lipinski definition) is 0. The van der Waals surface area contributed by atoms with E-state index in [0.717, 1.165) is 26.9 Å². The second kappa shape index (κ2) is 7.71. The molecular weight excluding hydrogens is 392 g/mol. The van der Waals surface area contributed by atoms with Crippen LogP contribution in [0, 0.1) is 13.8 Å². The number of ether oxygens (including phenoxy) is 3. The topological polar surface area (TPSA) is 79.1 Å². The number of amides is 1. The molecule has 150 valence electrons. The lowest BCUT2D eigenvalue weighted by Crippen LogP contribution is -2.22. The minimum absolute atomic E-state index is 0.00443. The van der Waals surface area contributed by atoms with Crippen LogP contribution in [0.5, 0.6) is 11.5 Å². The normalized spacial score (nSPS) is 13.1. The second-order valence-corrected chi connectivity index (χ2v) is 7.82. The number of esters is 1. The Labute approximate surface area is 171 Å². The van der Waals surface area contributed by atoms with Crippen molar-refractivity contribution in [3.05, 3.63) is 51.8 Å². The SMILES string of the molecule is COC(=O)Cn1c(=NC(=O)Cc2ccc3c(c2)OCO3)sc2c(C)cc(C)cc21. The summed E-state index contributed by atoms with van der Waals surface area (Å²) in [5.41, 5.74) is 3.81. The molecule has 1 aliphatic rings. The van der Waals surface area contributed by atoms with E-state index in [1.54, 1.807) is 16.7 Å². The fourth-order valence-corrected chi connectivity index (χ4v) is 4.41. The van der Waals surface area contributed by atoms with Gasteiger partial charge in [-0.05, 0) is 48.7 Å². The Bertz CT molecular complexity index is 1190. The van der Waals surface area contributed by atoms with Gasteiger partial charge in [-0.25, -0.2) is 0 Å². The van der Waals surface area contributed by atoms with E-state index in [9.17, 15) is 9.59 Å². The number of hydrogen-bond acceptors (Lipinski definition) is 6. The molecule has 7 nitrogen and oxygen atoms in total. The molecule has 29 heavy (non-hydrogen) atoms. The first-order chi connectivity index (χ1) is 13.9. The zero-order chi connectivity index (χ0) is 20.5. The van der Waals surface area contributed by atoms with E-state index in [2.05, 4.69) is 11.1 Å². The molecule has 1 aliphatic heterocycles. The van der Waals surface area contributed by atoms with Crippen molar-refractivity contribution >= 4 is 33.4 Å². The maximum absolute atomic E-state index is 12.7. The van der Waals surface area contributed by atoms with Crippen molar-refractivity contribution in [2.24, 2.45) is 4.99 Å². The van der Waals surface area contributed by atoms with Gasteiger partial charge in [0.15, 0.2) is 16.3 Å². The smallest absolute Gasteiger partial charge is 0.325 e. The molecular formula is C21H20N2O5S. The van der Waals surface area contributed by atoms with Gasteiger partial charge in [0.2, 0.25) is 6.79 Å². The first-order valence-electron chi connectivity index (χ1n) is 9.08. The molecule has 3 aromatic rings. The molecule has 0 atom stereocenters. The van der Waals surface area contributed by atoms with Crippen LogP contribution in [-0.4, -0.2) is 30.3 Å². The highest BCUT2D eigenvalue weighted by Gasteiger charge is 2.16. The zero-order valence-corrected chi connectivity index (χ0v) is 17.2. The number of aromatic nitrogens is 1. The van der Waals surface area contributed by atoms with E-state index in [1.165, 1.54) is 18.4 Å². The number of thiazole rings is 1. The first-order valence-corrected chi connectivity index (χ1v) is 9.90. The van der Waals surface area contributed by atoms with Crippen LogP contribution in [0.4, 0.5) is 0 Å². The van der Waals surface area contributed by atoms with Gasteiger partial charge in [-0.3, -0.25) is 9.59 Å². The molecule has 2 aromatic carbocycles. The van der Waals surface area contributed by atoms with Gasteiger partial charge in [0, 0.05) is 0 Å². The summed E-state index contributed by atoms with van der Waals surface area (Å²) in [7, 11) is 1.34. The van der Waals surface area contributed by atoms with Gasteiger partial charge < -0.3 is 18.8 Å². The largest absolute Gasteiger partial charge is 0.468 e. The second-order valence-electron chi connectivity index (χ2n) is 6.85. The number of benzene rings is 2. The van der Waals surface area contributed by atoms with Crippen molar-refractivity contribution in [2.45, 2.75) is 26.8 Å². The maximum atomic E-state index is 12.7. The van der Waals surface area contributed by atoms with Crippen molar-refractivity contribution in [3.8, 4) is 11.5 Å². The number of carbonyl (C=O) groups is 2. The van der Waals surface area contributed by atoms with Crippen LogP contribution >= 0.6 is 11.3 Å². The van der Waals surface area contributed by atoms with Crippen molar-refractivity contribution in [3.63, 3.8) is 0 Å². The van der Waals surface area contributed by atoms with Gasteiger partial charge in [-0.1, -0.05) is 23.5 Å². The summed E-state index contributed by atoms with van der Waals surface area (Å²) in [6, 6.07) is 9.45. The molecule has 0 saturated heterocycles. The van der Waals surface area contributed by atoms with Gasteiger partial charge in [-0.15, -0.1) is 0 Å². The highest BCUT2D eigenvalue weighted by atomic mass is 32.1. The van der Waals surface area contributed by atoms with Crippen LogP contribution in [0.15, 0.2) is 35.3 Å². The summed E-state index contributed by atoms with van der Waals surface area (Å²) in [6.07, 6.45) is 0.126. The Kier molecular flexibility index (Phi) is 5.10. The number of aryl methyl sites for hydroxylation is 2. The first kappa shape index (κ1) is 19.2. The molecule has 8 heteroatoms. The van der Waals surface area contributed by atoms with Crippen LogP contribution in [0.25, 0.3) is 10.2 Å². The lowest BCUT2D eigenvalue weighted by Gasteiger charge is -2.05. The summed E-state index contributed by atoms with van der Waals surface area (Å²) >= 11 is 1.39. The lowest BCUT2D eigenvalue weighted by molar-refractivity contribution is -0.141. The van der Waals surface area contributed by atoms with E-state index in [4.69, 9.17) is 14.2 Å². The van der Waals surface area contributed by atoms with Crippen LogP contribution in [-0.2, 0) is 27.3 Å². The molecule has 0 aliphatic carbocycles. The Morgan fingerprint density at radius 2 is 1.97 bits per heavy atom. The average molecular weight is 412 g/mol. The van der Waals surface area contributed by atoms with E-state index in [0.29, 0.717) is 16.3 Å². The fraction of sp³-hybridized carbons (Fsp3) is 0.286. The third kappa shape index (κ3) is 3.88. The quantitative estimate of drug-likeness (QED) is 0.616. The number of carbonyl (C=O) groups excluding carboxylic acids is 2. The molecule has 1 amide bonds. The summed E-state index contributed by atoms with van der Waals surface area (Å²) in [5.74, 6) is 0.602. The van der Waals surface area contributed by atoms with E-state index < -0.39 is 5.97 Å². The number of rotatable bonds is 4. The lowest BCUT2D eigenvalue weighted by atomic mass is 10.1. The molecule has 0 N–H and O–H groups in total. The molecule has 0 fully saturated rings. The van der Waals surface area contributed by atoms with Crippen LogP contribution in [0.1, 0.15) is 16.7 Å². The monoisotopic (exact) mass is 412 g/mol. The van der Waals surface area contributed by atoms with E-state index >= 15 is 0 Å². The van der Waals surface area contributed by atoms with Crippen molar-refractivity contribution in [2.75, 3.05) is 13.9 Å². The van der Waals surface area contributed by atoms with Crippen molar-refractivity contribution in [1.29, 1.82) is 0 Å². The standard InChI is InChI=1S/C21H20N2O5S/c1-12-6-13(2)20-15(7-12)23(10-19(25)26-3)21(29-20)22-18(24)9-14-4-5-16-17(8-14)28-11-27-16/h4-8H,9-11H2,1-3H3. The van der Waals surface area contributed by atoms with Gasteiger partial charge in [0.1, 0.15) is 6.54 Å². The van der Waals surface area contributed by atoms with Gasteiger partial charge in [0.25, 0.3) is 5.91 Å². The van der Waals surface area contributed by atoms with Gasteiger partial charge in [0.05, 0.1) is 23.7 Å². The zero-order valence-electron chi connectivity index (χ0n) is 16.4. The Morgan fingerprint density at radius 3 is 2.76 bits per heavy atom. The highest BCUT2D eigenvalue weighted by Crippen LogP contribution is 2.32. The summed E-state index contributed by atoms with van der Waals surface area (Å²) in [4.78, 5) is 29.4. The van der Waals surface area contributed by atoms with Crippen LogP contribution in [0.3, 0.4) is 0 Å². The summed E-state index contributed by atoms with van der Waals surface area (Å²) < 4.78 is 18.2. The molecule has 0 unspecified atom stereocenters. The predicted molar refractivity (Wildman–Crippen MR) is 108 cm³/mol. The minimum Gasteiger partial charge on any atom is -0.468 e. The highest BCUT2D eigenvalue weighted by molar-refractivity contribution is 7.16. The number of nitrogens with zero attached hydrogens (tertiary/aromatic N) is 2.